The van der Waals surface area contributed by atoms with Crippen LogP contribution in [0.15, 0.2) is 77.9 Å². The highest BCUT2D eigenvalue weighted by Gasteiger charge is 2.22. The molecule has 148 valence electrons. The van der Waals surface area contributed by atoms with Gasteiger partial charge in [-0.3, -0.25) is 4.79 Å². The summed E-state index contributed by atoms with van der Waals surface area (Å²) in [6.07, 6.45) is 1.54. The van der Waals surface area contributed by atoms with E-state index in [9.17, 15) is 9.90 Å². The van der Waals surface area contributed by atoms with Crippen molar-refractivity contribution in [3.8, 4) is 11.5 Å². The van der Waals surface area contributed by atoms with Crippen LogP contribution in [0.2, 0.25) is 0 Å². The molecular formula is C23H21IN2O3. The van der Waals surface area contributed by atoms with Crippen LogP contribution in [-0.4, -0.2) is 23.8 Å². The van der Waals surface area contributed by atoms with Crippen molar-refractivity contribution in [2.45, 2.75) is 12.8 Å². The minimum atomic E-state index is -0.464. The van der Waals surface area contributed by atoms with Crippen LogP contribution in [0.4, 0.5) is 0 Å². The Morgan fingerprint density at radius 2 is 1.69 bits per heavy atom. The van der Waals surface area contributed by atoms with E-state index < -0.39 is 5.92 Å². The monoisotopic (exact) mass is 500 g/mol. The molecule has 1 amide bonds. The van der Waals surface area contributed by atoms with Crippen molar-refractivity contribution < 1.29 is 14.6 Å². The number of rotatable bonds is 7. The summed E-state index contributed by atoms with van der Waals surface area (Å²) in [5.74, 6) is -0.203. The summed E-state index contributed by atoms with van der Waals surface area (Å²) in [5, 5.41) is 14.2. The summed E-state index contributed by atoms with van der Waals surface area (Å²) >= 11 is 2.03. The van der Waals surface area contributed by atoms with Gasteiger partial charge in [0.15, 0.2) is 11.5 Å². The van der Waals surface area contributed by atoms with Crippen molar-refractivity contribution in [1.82, 2.24) is 5.43 Å². The highest BCUT2D eigenvalue weighted by molar-refractivity contribution is 14.1. The van der Waals surface area contributed by atoms with Crippen LogP contribution in [0.1, 0.15) is 29.5 Å². The van der Waals surface area contributed by atoms with Gasteiger partial charge in [0.1, 0.15) is 0 Å². The zero-order chi connectivity index (χ0) is 20.6. The van der Waals surface area contributed by atoms with Gasteiger partial charge in [-0.1, -0.05) is 60.7 Å². The SMILES string of the molecule is CCOc1cc(C=NNC(=O)C(c2ccccc2)c2ccccc2)cc(I)c1O. The number of phenols is 1. The summed E-state index contributed by atoms with van der Waals surface area (Å²) in [6.45, 7) is 2.29. The molecule has 0 aliphatic carbocycles. The first-order valence-corrected chi connectivity index (χ1v) is 10.3. The fourth-order valence-electron chi connectivity index (χ4n) is 2.96. The molecule has 0 saturated carbocycles. The van der Waals surface area contributed by atoms with Crippen molar-refractivity contribution in [3.05, 3.63) is 93.1 Å². The number of nitrogens with one attached hydrogen (secondary N) is 1. The summed E-state index contributed by atoms with van der Waals surface area (Å²) in [6, 6.07) is 22.6. The lowest BCUT2D eigenvalue weighted by Crippen LogP contribution is -2.26. The summed E-state index contributed by atoms with van der Waals surface area (Å²) in [7, 11) is 0. The highest BCUT2D eigenvalue weighted by atomic mass is 127. The van der Waals surface area contributed by atoms with E-state index in [0.29, 0.717) is 21.5 Å². The average molecular weight is 500 g/mol. The minimum Gasteiger partial charge on any atom is -0.504 e. The van der Waals surface area contributed by atoms with E-state index in [1.165, 1.54) is 6.21 Å². The lowest BCUT2D eigenvalue weighted by Gasteiger charge is -2.16. The van der Waals surface area contributed by atoms with Gasteiger partial charge in [-0.05, 0) is 58.3 Å². The molecule has 6 heteroatoms. The standard InChI is InChI=1S/C23H21IN2O3/c1-2-29-20-14-16(13-19(24)22(20)27)15-25-26-23(28)21(17-9-5-3-6-10-17)18-11-7-4-8-12-18/h3-15,21,27H,2H2,1H3,(H,26,28). The fraction of sp³-hybridized carbons (Fsp3) is 0.130. The van der Waals surface area contributed by atoms with Crippen molar-refractivity contribution in [1.29, 1.82) is 0 Å². The van der Waals surface area contributed by atoms with Crippen LogP contribution in [0.5, 0.6) is 11.5 Å². The second-order valence-electron chi connectivity index (χ2n) is 6.27. The third-order valence-corrected chi connectivity index (χ3v) is 5.09. The molecule has 0 fully saturated rings. The number of amides is 1. The Bertz CT molecular complexity index is 952. The maximum absolute atomic E-state index is 12.9. The van der Waals surface area contributed by atoms with Gasteiger partial charge in [-0.15, -0.1) is 0 Å². The largest absolute Gasteiger partial charge is 0.504 e. The molecule has 0 aromatic heterocycles. The number of hydrazone groups is 1. The van der Waals surface area contributed by atoms with E-state index >= 15 is 0 Å². The van der Waals surface area contributed by atoms with Crippen LogP contribution < -0.4 is 10.2 Å². The summed E-state index contributed by atoms with van der Waals surface area (Å²) in [4.78, 5) is 12.9. The number of carbonyl (C=O) groups excluding carboxylic acids is 1. The molecule has 0 spiro atoms. The third kappa shape index (κ3) is 5.35. The van der Waals surface area contributed by atoms with Crippen LogP contribution in [0.25, 0.3) is 0 Å². The number of benzene rings is 3. The topological polar surface area (TPSA) is 70.9 Å². The number of halogens is 1. The Hall–Kier alpha value is -2.87. The van der Waals surface area contributed by atoms with Crippen LogP contribution in [-0.2, 0) is 4.79 Å². The van der Waals surface area contributed by atoms with Gasteiger partial charge in [0.05, 0.1) is 22.3 Å². The van der Waals surface area contributed by atoms with E-state index in [4.69, 9.17) is 4.74 Å². The lowest BCUT2D eigenvalue weighted by molar-refractivity contribution is -0.121. The molecule has 3 rings (SSSR count). The maximum Gasteiger partial charge on any atom is 0.252 e. The van der Waals surface area contributed by atoms with Gasteiger partial charge in [-0.2, -0.15) is 5.10 Å². The smallest absolute Gasteiger partial charge is 0.252 e. The molecule has 0 radical (unpaired) electrons. The van der Waals surface area contributed by atoms with Gasteiger partial charge in [0.2, 0.25) is 0 Å². The molecule has 0 bridgehead atoms. The van der Waals surface area contributed by atoms with E-state index in [-0.39, 0.29) is 11.7 Å². The molecule has 0 saturated heterocycles. The Morgan fingerprint density at radius 3 is 2.24 bits per heavy atom. The lowest BCUT2D eigenvalue weighted by atomic mass is 9.91. The predicted octanol–water partition coefficient (Wildman–Crippen LogP) is 4.68. The van der Waals surface area contributed by atoms with Crippen LogP contribution in [0, 0.1) is 3.57 Å². The number of nitrogens with zero attached hydrogens (tertiary/aromatic N) is 1. The molecule has 3 aromatic rings. The first kappa shape index (κ1) is 20.9. The molecule has 29 heavy (non-hydrogen) atoms. The minimum absolute atomic E-state index is 0.0989. The first-order valence-electron chi connectivity index (χ1n) is 9.18. The summed E-state index contributed by atoms with van der Waals surface area (Å²) < 4.78 is 6.08. The fourth-order valence-corrected chi connectivity index (χ4v) is 3.58. The molecule has 3 aromatic carbocycles. The Kier molecular flexibility index (Phi) is 7.24. The highest BCUT2D eigenvalue weighted by Crippen LogP contribution is 2.32. The molecule has 0 aliphatic heterocycles. The second kappa shape index (κ2) is 10.1. The van der Waals surface area contributed by atoms with Gasteiger partial charge in [-0.25, -0.2) is 5.43 Å². The van der Waals surface area contributed by atoms with Crippen LogP contribution in [0.3, 0.4) is 0 Å². The van der Waals surface area contributed by atoms with E-state index in [1.54, 1.807) is 12.1 Å². The number of carbonyl (C=O) groups is 1. The van der Waals surface area contributed by atoms with Gasteiger partial charge < -0.3 is 9.84 Å². The molecule has 0 atom stereocenters. The first-order chi connectivity index (χ1) is 14.1. The van der Waals surface area contributed by atoms with E-state index in [1.807, 2.05) is 90.2 Å². The molecule has 0 unspecified atom stereocenters. The van der Waals surface area contributed by atoms with Gasteiger partial charge in [0.25, 0.3) is 5.91 Å². The Balaban J connectivity index is 1.81. The normalized spacial score (nSPS) is 11.0. The zero-order valence-electron chi connectivity index (χ0n) is 15.9. The van der Waals surface area contributed by atoms with Crippen molar-refractivity contribution in [2.24, 2.45) is 5.10 Å². The summed E-state index contributed by atoms with van der Waals surface area (Å²) in [5.41, 5.74) is 5.14. The van der Waals surface area contributed by atoms with Crippen molar-refractivity contribution >= 4 is 34.7 Å². The molecule has 5 nitrogen and oxygen atoms in total. The Labute approximate surface area is 183 Å². The van der Waals surface area contributed by atoms with Gasteiger partial charge >= 0.3 is 0 Å². The van der Waals surface area contributed by atoms with E-state index in [2.05, 4.69) is 10.5 Å². The quantitative estimate of drug-likeness (QED) is 0.281. The molecule has 0 aliphatic rings. The molecule has 2 N–H and O–H groups in total. The Morgan fingerprint density at radius 1 is 1.10 bits per heavy atom. The van der Waals surface area contributed by atoms with Crippen molar-refractivity contribution in [2.75, 3.05) is 6.61 Å². The molecular weight excluding hydrogens is 479 g/mol. The predicted molar refractivity (Wildman–Crippen MR) is 122 cm³/mol. The number of phenolic OH excluding ortho intramolecular Hbond substituents is 1. The average Bonchev–Trinajstić information content (AvgIpc) is 2.73. The second-order valence-corrected chi connectivity index (χ2v) is 7.43. The zero-order valence-corrected chi connectivity index (χ0v) is 18.0. The van der Waals surface area contributed by atoms with Gasteiger partial charge in [0, 0.05) is 0 Å². The van der Waals surface area contributed by atoms with Crippen LogP contribution >= 0.6 is 22.6 Å². The molecule has 0 heterocycles. The van der Waals surface area contributed by atoms with E-state index in [0.717, 1.165) is 11.1 Å². The third-order valence-electron chi connectivity index (χ3n) is 4.27. The number of ether oxygens (including phenoxy) is 1. The maximum atomic E-state index is 12.9. The van der Waals surface area contributed by atoms with Crippen molar-refractivity contribution in [3.63, 3.8) is 0 Å². The number of hydrogen-bond acceptors (Lipinski definition) is 4. The number of aromatic hydroxyl groups is 1. The number of hydrogen-bond donors (Lipinski definition) is 2.